The van der Waals surface area contributed by atoms with E-state index in [-0.39, 0.29) is 24.8 Å². The van der Waals surface area contributed by atoms with Crippen LogP contribution in [0.5, 0.6) is 11.5 Å². The molecule has 0 saturated carbocycles. The highest BCUT2D eigenvalue weighted by Crippen LogP contribution is 2.32. The molecule has 0 fully saturated rings. The van der Waals surface area contributed by atoms with Crippen LogP contribution in [-0.2, 0) is 0 Å². The Kier molecular flexibility index (Phi) is 9.62. The third-order valence-corrected chi connectivity index (χ3v) is 5.43. The monoisotopic (exact) mass is 479 g/mol. The number of halogens is 2. The molecule has 1 aliphatic heterocycles. The molecule has 0 saturated heterocycles. The highest BCUT2D eigenvalue weighted by atomic mass is 35.5. The van der Waals surface area contributed by atoms with Crippen LogP contribution in [0.3, 0.4) is 0 Å². The molecule has 3 aromatic rings. The summed E-state index contributed by atoms with van der Waals surface area (Å²) in [4.78, 5) is 15.0. The average molecular weight is 480 g/mol. The third-order valence-electron chi connectivity index (χ3n) is 5.43. The number of likely N-dealkylation sites (N-methyl/N-ethyl adjacent to an activating group) is 1. The lowest BCUT2D eigenvalue weighted by molar-refractivity contribution is 0.217. The molecule has 0 spiro atoms. The fourth-order valence-corrected chi connectivity index (χ4v) is 3.64. The first-order chi connectivity index (χ1) is 14.7. The van der Waals surface area contributed by atoms with Gasteiger partial charge in [0.15, 0.2) is 11.5 Å². The smallest absolute Gasteiger partial charge is 0.161 e. The van der Waals surface area contributed by atoms with Crippen molar-refractivity contribution >= 4 is 41.7 Å². The number of aromatic amines is 1. The fraction of sp³-hybridized carbons (Fsp3) is 0.391. The molecule has 0 amide bonds. The van der Waals surface area contributed by atoms with Gasteiger partial charge in [0.25, 0.3) is 0 Å². The number of rotatable bonds is 9. The standard InChI is InChI=1S/C23H29N5O2.2ClH/c1-4-28(5-2)12-13-30-20-9-7-17(15-21(20)29-3)23-26-18-8-6-16(14-19(18)27-23)22-24-10-11-25-22;;/h6-9,14-15H,4-5,10-13H2,1-3H3,(H,24,25)(H,26,27);2*1H. The topological polar surface area (TPSA) is 74.8 Å². The van der Waals surface area contributed by atoms with Crippen molar-refractivity contribution in [2.24, 2.45) is 4.99 Å². The number of H-pyrrole nitrogens is 1. The van der Waals surface area contributed by atoms with Crippen LogP contribution in [0.1, 0.15) is 19.4 Å². The Hall–Kier alpha value is -2.48. The van der Waals surface area contributed by atoms with E-state index in [0.29, 0.717) is 12.4 Å². The van der Waals surface area contributed by atoms with Gasteiger partial charge in [-0.05, 0) is 49.5 Å². The molecule has 0 atom stereocenters. The Bertz CT molecular complexity index is 1050. The van der Waals surface area contributed by atoms with Crippen LogP contribution in [0.2, 0.25) is 0 Å². The molecular formula is C23H31Cl2N5O2. The number of amidine groups is 1. The number of aliphatic imine (C=N–C) groups is 1. The first kappa shape index (κ1) is 25.8. The normalized spacial score (nSPS) is 12.7. The number of hydrogen-bond acceptors (Lipinski definition) is 6. The number of nitrogens with one attached hydrogen (secondary N) is 2. The van der Waals surface area contributed by atoms with E-state index in [1.807, 2.05) is 24.3 Å². The summed E-state index contributed by atoms with van der Waals surface area (Å²) >= 11 is 0. The van der Waals surface area contributed by atoms with E-state index in [4.69, 9.17) is 14.5 Å². The van der Waals surface area contributed by atoms with Gasteiger partial charge in [-0.2, -0.15) is 0 Å². The fourth-order valence-electron chi connectivity index (χ4n) is 3.64. The first-order valence-corrected chi connectivity index (χ1v) is 10.5. The maximum atomic E-state index is 5.97. The van der Waals surface area contributed by atoms with Gasteiger partial charge < -0.3 is 24.7 Å². The summed E-state index contributed by atoms with van der Waals surface area (Å²) < 4.78 is 11.5. The maximum Gasteiger partial charge on any atom is 0.161 e. The number of nitrogens with zero attached hydrogens (tertiary/aromatic N) is 3. The van der Waals surface area contributed by atoms with Crippen molar-refractivity contribution in [2.45, 2.75) is 13.8 Å². The van der Waals surface area contributed by atoms with Crippen molar-refractivity contribution in [3.8, 4) is 22.9 Å². The molecule has 1 aliphatic rings. The third kappa shape index (κ3) is 5.65. The van der Waals surface area contributed by atoms with Crippen molar-refractivity contribution < 1.29 is 9.47 Å². The number of fused-ring (bicyclic) bond motifs is 1. The van der Waals surface area contributed by atoms with Gasteiger partial charge in [0, 0.05) is 24.2 Å². The van der Waals surface area contributed by atoms with Gasteiger partial charge in [-0.3, -0.25) is 4.99 Å². The Morgan fingerprint density at radius 3 is 2.47 bits per heavy atom. The molecule has 0 aliphatic carbocycles. The van der Waals surface area contributed by atoms with Crippen molar-refractivity contribution in [1.82, 2.24) is 20.2 Å². The van der Waals surface area contributed by atoms with Crippen LogP contribution in [0.4, 0.5) is 0 Å². The summed E-state index contributed by atoms with van der Waals surface area (Å²) in [6, 6.07) is 12.1. The van der Waals surface area contributed by atoms with Crippen LogP contribution in [0.15, 0.2) is 41.4 Å². The number of methoxy groups -OCH3 is 1. The molecule has 2 heterocycles. The Labute approximate surface area is 201 Å². The summed E-state index contributed by atoms with van der Waals surface area (Å²) in [5, 5.41) is 3.31. The average Bonchev–Trinajstić information content (AvgIpc) is 3.46. The van der Waals surface area contributed by atoms with Gasteiger partial charge in [-0.25, -0.2) is 4.98 Å². The van der Waals surface area contributed by atoms with Crippen LogP contribution in [0.25, 0.3) is 22.4 Å². The van der Waals surface area contributed by atoms with Crippen LogP contribution in [-0.4, -0.2) is 67.1 Å². The number of imidazole rings is 1. The molecule has 2 N–H and O–H groups in total. The van der Waals surface area contributed by atoms with E-state index >= 15 is 0 Å². The summed E-state index contributed by atoms with van der Waals surface area (Å²) in [7, 11) is 1.66. The van der Waals surface area contributed by atoms with E-state index in [9.17, 15) is 0 Å². The van der Waals surface area contributed by atoms with E-state index in [1.54, 1.807) is 7.11 Å². The molecule has 0 radical (unpaired) electrons. The minimum Gasteiger partial charge on any atom is -0.493 e. The SMILES string of the molecule is CCN(CC)CCOc1ccc(-c2nc3ccc(C4=NCCN4)cc3[nH]2)cc1OC.Cl.Cl. The predicted molar refractivity (Wildman–Crippen MR) is 135 cm³/mol. The van der Waals surface area contributed by atoms with E-state index in [2.05, 4.69) is 46.2 Å². The second kappa shape index (κ2) is 11.9. The highest BCUT2D eigenvalue weighted by Gasteiger charge is 2.13. The summed E-state index contributed by atoms with van der Waals surface area (Å²) in [5.74, 6) is 3.20. The quantitative estimate of drug-likeness (QED) is 0.481. The van der Waals surface area contributed by atoms with E-state index in [0.717, 1.165) is 72.3 Å². The van der Waals surface area contributed by atoms with Gasteiger partial charge in [-0.1, -0.05) is 13.8 Å². The Morgan fingerprint density at radius 1 is 1.00 bits per heavy atom. The molecule has 174 valence electrons. The van der Waals surface area contributed by atoms with Gasteiger partial charge in [0.05, 0.1) is 24.7 Å². The first-order valence-electron chi connectivity index (χ1n) is 10.5. The van der Waals surface area contributed by atoms with Crippen molar-refractivity contribution in [3.63, 3.8) is 0 Å². The molecule has 0 bridgehead atoms. The summed E-state index contributed by atoms with van der Waals surface area (Å²) in [6.07, 6.45) is 0. The largest absolute Gasteiger partial charge is 0.493 e. The van der Waals surface area contributed by atoms with Gasteiger partial charge in [-0.15, -0.1) is 24.8 Å². The molecule has 32 heavy (non-hydrogen) atoms. The van der Waals surface area contributed by atoms with Crippen molar-refractivity contribution in [3.05, 3.63) is 42.0 Å². The highest BCUT2D eigenvalue weighted by molar-refractivity contribution is 6.02. The lowest BCUT2D eigenvalue weighted by Gasteiger charge is -2.18. The Balaban J connectivity index is 0.00000181. The molecular weight excluding hydrogens is 449 g/mol. The zero-order chi connectivity index (χ0) is 20.9. The summed E-state index contributed by atoms with van der Waals surface area (Å²) in [5.41, 5.74) is 3.94. The minimum absolute atomic E-state index is 0. The van der Waals surface area contributed by atoms with E-state index < -0.39 is 0 Å². The van der Waals surface area contributed by atoms with Gasteiger partial charge in [0.1, 0.15) is 18.3 Å². The molecule has 7 nitrogen and oxygen atoms in total. The van der Waals surface area contributed by atoms with Crippen molar-refractivity contribution in [1.29, 1.82) is 0 Å². The van der Waals surface area contributed by atoms with Crippen LogP contribution >= 0.6 is 24.8 Å². The Morgan fingerprint density at radius 2 is 1.78 bits per heavy atom. The predicted octanol–water partition coefficient (Wildman–Crippen LogP) is 4.15. The lowest BCUT2D eigenvalue weighted by atomic mass is 10.2. The summed E-state index contributed by atoms with van der Waals surface area (Å²) in [6.45, 7) is 9.60. The molecule has 4 rings (SSSR count). The van der Waals surface area contributed by atoms with Crippen LogP contribution in [0, 0.1) is 0 Å². The molecule has 9 heteroatoms. The van der Waals surface area contributed by atoms with Crippen LogP contribution < -0.4 is 14.8 Å². The number of aromatic nitrogens is 2. The molecule has 0 unspecified atom stereocenters. The molecule has 2 aromatic carbocycles. The van der Waals surface area contributed by atoms with Crippen molar-refractivity contribution in [2.75, 3.05) is 46.4 Å². The number of ether oxygens (including phenoxy) is 2. The minimum atomic E-state index is 0. The zero-order valence-corrected chi connectivity index (χ0v) is 20.3. The number of benzene rings is 2. The maximum absolute atomic E-state index is 5.97. The second-order valence-electron chi connectivity index (χ2n) is 7.22. The van der Waals surface area contributed by atoms with Gasteiger partial charge in [0.2, 0.25) is 0 Å². The van der Waals surface area contributed by atoms with E-state index in [1.165, 1.54) is 0 Å². The number of hydrogen-bond donors (Lipinski definition) is 2. The zero-order valence-electron chi connectivity index (χ0n) is 18.7. The lowest BCUT2D eigenvalue weighted by Crippen LogP contribution is -2.27. The second-order valence-corrected chi connectivity index (χ2v) is 7.22. The molecule has 1 aromatic heterocycles. The van der Waals surface area contributed by atoms with Gasteiger partial charge >= 0.3 is 0 Å².